The van der Waals surface area contributed by atoms with Crippen molar-refractivity contribution < 1.29 is 24.5 Å². The first-order chi connectivity index (χ1) is 6.82. The minimum absolute atomic E-state index is 0.225. The zero-order chi connectivity index (χ0) is 11.6. The number of aliphatic hydroxyl groups is 1. The molecule has 0 aliphatic carbocycles. The highest BCUT2D eigenvalue weighted by molar-refractivity contribution is 5.70. The van der Waals surface area contributed by atoms with Crippen molar-refractivity contribution in [1.29, 1.82) is 0 Å². The fraction of sp³-hybridized carbons (Fsp3) is 0.900. The van der Waals surface area contributed by atoms with Crippen LogP contribution in [-0.4, -0.2) is 40.8 Å². The average molecular weight is 218 g/mol. The molecular formula is C10H18O5. The maximum absolute atomic E-state index is 10.6. The molecule has 0 saturated carbocycles. The SMILES string of the molecule is C[C@@H](C(=O)O)[C@@H](O)C[C@H]1COC(C)(C)O1. The second kappa shape index (κ2) is 4.47. The van der Waals surface area contributed by atoms with Crippen LogP contribution in [0.25, 0.3) is 0 Å². The van der Waals surface area contributed by atoms with E-state index in [1.165, 1.54) is 6.92 Å². The summed E-state index contributed by atoms with van der Waals surface area (Å²) < 4.78 is 10.8. The van der Waals surface area contributed by atoms with Crippen molar-refractivity contribution in [2.45, 2.75) is 45.2 Å². The van der Waals surface area contributed by atoms with E-state index >= 15 is 0 Å². The van der Waals surface area contributed by atoms with Crippen molar-refractivity contribution in [3.05, 3.63) is 0 Å². The lowest BCUT2D eigenvalue weighted by Gasteiger charge is -2.20. The zero-order valence-corrected chi connectivity index (χ0v) is 9.27. The predicted octanol–water partition coefficient (Wildman–Crippen LogP) is 0.610. The van der Waals surface area contributed by atoms with Crippen LogP contribution in [0.15, 0.2) is 0 Å². The summed E-state index contributed by atoms with van der Waals surface area (Å²) >= 11 is 0. The van der Waals surface area contributed by atoms with Gasteiger partial charge in [-0.1, -0.05) is 0 Å². The molecule has 0 aromatic rings. The van der Waals surface area contributed by atoms with Crippen LogP contribution in [0.1, 0.15) is 27.2 Å². The van der Waals surface area contributed by atoms with Gasteiger partial charge in [0.15, 0.2) is 5.79 Å². The topological polar surface area (TPSA) is 76.0 Å². The third-order valence-electron chi connectivity index (χ3n) is 2.54. The molecule has 15 heavy (non-hydrogen) atoms. The molecule has 1 saturated heterocycles. The van der Waals surface area contributed by atoms with Gasteiger partial charge >= 0.3 is 5.97 Å². The van der Waals surface area contributed by atoms with Crippen molar-refractivity contribution >= 4 is 5.97 Å². The van der Waals surface area contributed by atoms with Gasteiger partial charge in [-0.3, -0.25) is 4.79 Å². The van der Waals surface area contributed by atoms with Gasteiger partial charge in [0.25, 0.3) is 0 Å². The lowest BCUT2D eigenvalue weighted by Crippen LogP contribution is -2.31. The van der Waals surface area contributed by atoms with Crippen molar-refractivity contribution in [2.24, 2.45) is 5.92 Å². The second-order valence-corrected chi connectivity index (χ2v) is 4.38. The molecule has 1 rings (SSSR count). The van der Waals surface area contributed by atoms with E-state index in [2.05, 4.69) is 0 Å². The molecule has 0 amide bonds. The molecule has 5 heteroatoms. The van der Waals surface area contributed by atoms with Crippen molar-refractivity contribution in [3.8, 4) is 0 Å². The van der Waals surface area contributed by atoms with E-state index in [0.29, 0.717) is 6.61 Å². The second-order valence-electron chi connectivity index (χ2n) is 4.38. The highest BCUT2D eigenvalue weighted by Crippen LogP contribution is 2.26. The number of hydrogen-bond acceptors (Lipinski definition) is 4. The van der Waals surface area contributed by atoms with Crippen LogP contribution in [0, 0.1) is 5.92 Å². The Labute approximate surface area is 89.0 Å². The van der Waals surface area contributed by atoms with Crippen LogP contribution in [0.4, 0.5) is 0 Å². The number of aliphatic hydroxyl groups excluding tert-OH is 1. The maximum Gasteiger partial charge on any atom is 0.308 e. The lowest BCUT2D eigenvalue weighted by molar-refractivity contribution is -0.149. The summed E-state index contributed by atoms with van der Waals surface area (Å²) in [6, 6.07) is 0. The average Bonchev–Trinajstić information content (AvgIpc) is 2.43. The van der Waals surface area contributed by atoms with Crippen LogP contribution in [-0.2, 0) is 14.3 Å². The van der Waals surface area contributed by atoms with E-state index in [4.69, 9.17) is 14.6 Å². The van der Waals surface area contributed by atoms with Crippen molar-refractivity contribution in [3.63, 3.8) is 0 Å². The first-order valence-corrected chi connectivity index (χ1v) is 5.04. The highest BCUT2D eigenvalue weighted by atomic mass is 16.7. The fourth-order valence-corrected chi connectivity index (χ4v) is 1.52. The monoisotopic (exact) mass is 218 g/mol. The summed E-state index contributed by atoms with van der Waals surface area (Å²) in [6.45, 7) is 5.46. The summed E-state index contributed by atoms with van der Waals surface area (Å²) in [5.74, 6) is -2.41. The van der Waals surface area contributed by atoms with Crippen LogP contribution in [0.2, 0.25) is 0 Å². The number of carboxylic acids is 1. The van der Waals surface area contributed by atoms with E-state index in [1.54, 1.807) is 13.8 Å². The molecule has 0 aromatic carbocycles. The van der Waals surface area contributed by atoms with E-state index in [1.807, 2.05) is 0 Å². The molecule has 0 bridgehead atoms. The van der Waals surface area contributed by atoms with Crippen molar-refractivity contribution in [1.82, 2.24) is 0 Å². The molecule has 1 aliphatic rings. The molecule has 88 valence electrons. The molecular weight excluding hydrogens is 200 g/mol. The third kappa shape index (κ3) is 3.44. The van der Waals surface area contributed by atoms with Crippen LogP contribution < -0.4 is 0 Å². The quantitative estimate of drug-likeness (QED) is 0.723. The molecule has 1 aliphatic heterocycles. The Bertz CT molecular complexity index is 238. The van der Waals surface area contributed by atoms with Gasteiger partial charge in [-0.25, -0.2) is 0 Å². The molecule has 1 fully saturated rings. The normalized spacial score (nSPS) is 28.7. The van der Waals surface area contributed by atoms with Gasteiger partial charge in [0, 0.05) is 6.42 Å². The summed E-state index contributed by atoms with van der Waals surface area (Å²) in [4.78, 5) is 10.6. The van der Waals surface area contributed by atoms with E-state index in [9.17, 15) is 9.90 Å². The molecule has 5 nitrogen and oxygen atoms in total. The van der Waals surface area contributed by atoms with Crippen LogP contribution >= 0.6 is 0 Å². The standard InChI is InChI=1S/C10H18O5/c1-6(9(12)13)8(11)4-7-5-14-10(2,3)15-7/h6-8,11H,4-5H2,1-3H3,(H,12,13)/t6-,7+,8+/m1/s1. The number of carboxylic acid groups (broad SMARTS) is 1. The van der Waals surface area contributed by atoms with Crippen molar-refractivity contribution in [2.75, 3.05) is 6.61 Å². The highest BCUT2D eigenvalue weighted by Gasteiger charge is 2.35. The predicted molar refractivity (Wildman–Crippen MR) is 52.3 cm³/mol. The Balaban J connectivity index is 2.40. The summed E-state index contributed by atoms with van der Waals surface area (Å²) in [7, 11) is 0. The van der Waals surface area contributed by atoms with E-state index in [0.717, 1.165) is 0 Å². The fourth-order valence-electron chi connectivity index (χ4n) is 1.52. The number of hydrogen-bond donors (Lipinski definition) is 2. The largest absolute Gasteiger partial charge is 0.481 e. The van der Waals surface area contributed by atoms with Crippen LogP contribution in [0.5, 0.6) is 0 Å². The molecule has 3 atom stereocenters. The van der Waals surface area contributed by atoms with Crippen LogP contribution in [0.3, 0.4) is 0 Å². The number of ether oxygens (including phenoxy) is 2. The lowest BCUT2D eigenvalue weighted by atomic mass is 10.00. The molecule has 0 spiro atoms. The van der Waals surface area contributed by atoms with Gasteiger partial charge in [0.05, 0.1) is 24.7 Å². The molecule has 2 N–H and O–H groups in total. The first-order valence-electron chi connectivity index (χ1n) is 5.04. The molecule has 0 unspecified atom stereocenters. The summed E-state index contributed by atoms with van der Waals surface area (Å²) in [5, 5.41) is 18.3. The number of rotatable bonds is 4. The summed E-state index contributed by atoms with van der Waals surface area (Å²) in [5.41, 5.74) is 0. The minimum atomic E-state index is -0.999. The maximum atomic E-state index is 10.6. The Morgan fingerprint density at radius 2 is 2.20 bits per heavy atom. The van der Waals surface area contributed by atoms with Gasteiger partial charge in [-0.05, 0) is 20.8 Å². The van der Waals surface area contributed by atoms with Gasteiger partial charge in [-0.15, -0.1) is 0 Å². The molecule has 0 aromatic heterocycles. The van der Waals surface area contributed by atoms with E-state index < -0.39 is 23.8 Å². The van der Waals surface area contributed by atoms with Gasteiger partial charge in [0.2, 0.25) is 0 Å². The zero-order valence-electron chi connectivity index (χ0n) is 9.27. The van der Waals surface area contributed by atoms with Gasteiger partial charge in [-0.2, -0.15) is 0 Å². The molecule has 0 radical (unpaired) electrons. The summed E-state index contributed by atoms with van der Waals surface area (Å²) in [6.07, 6.45) is -0.835. The Hall–Kier alpha value is -0.650. The third-order valence-corrected chi connectivity index (χ3v) is 2.54. The molecule has 1 heterocycles. The Morgan fingerprint density at radius 3 is 2.60 bits per heavy atom. The van der Waals surface area contributed by atoms with E-state index in [-0.39, 0.29) is 12.5 Å². The van der Waals surface area contributed by atoms with Gasteiger partial charge < -0.3 is 19.7 Å². The minimum Gasteiger partial charge on any atom is -0.481 e. The van der Waals surface area contributed by atoms with Gasteiger partial charge in [0.1, 0.15) is 0 Å². The first kappa shape index (κ1) is 12.4. The number of aliphatic carboxylic acids is 1. The number of carbonyl (C=O) groups is 1. The Morgan fingerprint density at radius 1 is 1.60 bits per heavy atom. The Kier molecular flexibility index (Phi) is 3.70. The smallest absolute Gasteiger partial charge is 0.308 e.